The number of nitrogens with one attached hydrogen (secondary N) is 1. The van der Waals surface area contributed by atoms with Gasteiger partial charge in [0.25, 0.3) is 0 Å². The molecule has 0 radical (unpaired) electrons. The molecule has 0 spiro atoms. The van der Waals surface area contributed by atoms with Crippen LogP contribution in [-0.2, 0) is 0 Å². The summed E-state index contributed by atoms with van der Waals surface area (Å²) in [6.07, 6.45) is 1.18. The molecule has 2 rings (SSSR count). The van der Waals surface area contributed by atoms with Crippen LogP contribution in [0, 0.1) is 5.92 Å². The van der Waals surface area contributed by atoms with Crippen molar-refractivity contribution in [1.82, 2.24) is 4.90 Å². The van der Waals surface area contributed by atoms with Crippen LogP contribution in [0.1, 0.15) is 23.2 Å². The minimum Gasteiger partial charge on any atom is -0.478 e. The summed E-state index contributed by atoms with van der Waals surface area (Å²) < 4.78 is 0. The summed E-state index contributed by atoms with van der Waals surface area (Å²) in [7, 11) is 1.67. The van der Waals surface area contributed by atoms with Crippen LogP contribution in [0.4, 0.5) is 10.5 Å². The Balaban J connectivity index is 1.94. The van der Waals surface area contributed by atoms with E-state index >= 15 is 0 Å². The number of rotatable bonds is 4. The maximum absolute atomic E-state index is 12.0. The molecule has 1 aliphatic carbocycles. The number of urea groups is 1. The summed E-state index contributed by atoms with van der Waals surface area (Å²) in [6, 6.07) is 3.82. The first-order chi connectivity index (χ1) is 9.86. The lowest BCUT2D eigenvalue weighted by Gasteiger charge is -2.34. The van der Waals surface area contributed by atoms with Crippen molar-refractivity contribution >= 4 is 29.3 Å². The minimum atomic E-state index is -1.07. The Morgan fingerprint density at radius 1 is 1.43 bits per heavy atom. The van der Waals surface area contributed by atoms with E-state index in [0.29, 0.717) is 31.0 Å². The molecule has 21 heavy (non-hydrogen) atoms. The first-order valence-corrected chi connectivity index (χ1v) is 6.97. The van der Waals surface area contributed by atoms with Gasteiger partial charge in [-0.15, -0.1) is 0 Å². The van der Waals surface area contributed by atoms with Gasteiger partial charge in [-0.3, -0.25) is 0 Å². The normalized spacial score (nSPS) is 20.5. The van der Waals surface area contributed by atoms with Gasteiger partial charge in [0.1, 0.15) is 0 Å². The van der Waals surface area contributed by atoms with Crippen molar-refractivity contribution in [3.63, 3.8) is 0 Å². The van der Waals surface area contributed by atoms with Gasteiger partial charge in [0.05, 0.1) is 22.4 Å². The van der Waals surface area contributed by atoms with Crippen LogP contribution in [0.15, 0.2) is 18.2 Å². The van der Waals surface area contributed by atoms with Gasteiger partial charge < -0.3 is 20.4 Å². The van der Waals surface area contributed by atoms with Gasteiger partial charge >= 0.3 is 12.0 Å². The number of hydrogen-bond acceptors (Lipinski definition) is 3. The second kappa shape index (κ2) is 6.32. The van der Waals surface area contributed by atoms with Crippen LogP contribution in [0.2, 0.25) is 5.02 Å². The molecule has 1 aromatic carbocycles. The third-order valence-corrected chi connectivity index (χ3v) is 3.86. The second-order valence-corrected chi connectivity index (χ2v) is 5.71. The summed E-state index contributed by atoms with van der Waals surface area (Å²) in [5.41, 5.74) is 0.432. The number of aliphatic hydroxyl groups excluding tert-OH is 1. The zero-order valence-electron chi connectivity index (χ0n) is 11.5. The number of carbonyl (C=O) groups excluding carboxylic acids is 1. The fourth-order valence-corrected chi connectivity index (χ4v) is 2.51. The topological polar surface area (TPSA) is 89.9 Å². The van der Waals surface area contributed by atoms with E-state index in [1.807, 2.05) is 0 Å². The number of nitrogens with zero attached hydrogens (tertiary/aromatic N) is 1. The molecule has 7 heteroatoms. The zero-order chi connectivity index (χ0) is 15.6. The Morgan fingerprint density at radius 2 is 2.10 bits per heavy atom. The number of anilines is 1. The molecule has 0 heterocycles. The number of halogens is 1. The average Bonchev–Trinajstić information content (AvgIpc) is 2.38. The first-order valence-electron chi connectivity index (χ1n) is 6.60. The van der Waals surface area contributed by atoms with Gasteiger partial charge in [0, 0.05) is 13.6 Å². The number of amides is 2. The SMILES string of the molecule is CN(CC1CC(O)C1)C(=O)Nc1ccc(C(=O)O)cc1Cl. The lowest BCUT2D eigenvalue weighted by atomic mass is 9.82. The zero-order valence-corrected chi connectivity index (χ0v) is 12.3. The Hall–Kier alpha value is -1.79. The Morgan fingerprint density at radius 3 is 2.62 bits per heavy atom. The maximum Gasteiger partial charge on any atom is 0.335 e. The lowest BCUT2D eigenvalue weighted by Crippen LogP contribution is -2.41. The number of carbonyl (C=O) groups is 2. The van der Waals surface area contributed by atoms with Gasteiger partial charge in [-0.1, -0.05) is 11.6 Å². The summed E-state index contributed by atoms with van der Waals surface area (Å²) >= 11 is 5.96. The highest BCUT2D eigenvalue weighted by molar-refractivity contribution is 6.34. The second-order valence-electron chi connectivity index (χ2n) is 5.30. The van der Waals surface area contributed by atoms with Crippen LogP contribution in [0.5, 0.6) is 0 Å². The number of aromatic carboxylic acids is 1. The fourth-order valence-electron chi connectivity index (χ4n) is 2.28. The predicted molar refractivity (Wildman–Crippen MR) is 78.8 cm³/mol. The number of hydrogen-bond donors (Lipinski definition) is 3. The van der Waals surface area contributed by atoms with E-state index < -0.39 is 5.97 Å². The average molecular weight is 313 g/mol. The molecule has 1 aromatic rings. The molecule has 0 bridgehead atoms. The van der Waals surface area contributed by atoms with Crippen molar-refractivity contribution in [3.8, 4) is 0 Å². The Labute approximate surface area is 127 Å². The number of benzene rings is 1. The predicted octanol–water partition coefficient (Wildman–Crippen LogP) is 2.27. The number of carboxylic acids is 1. The van der Waals surface area contributed by atoms with Crippen LogP contribution in [0.3, 0.4) is 0 Å². The molecule has 3 N–H and O–H groups in total. The largest absolute Gasteiger partial charge is 0.478 e. The van der Waals surface area contributed by atoms with Crippen LogP contribution >= 0.6 is 11.6 Å². The van der Waals surface area contributed by atoms with Crippen LogP contribution in [-0.4, -0.2) is 46.8 Å². The van der Waals surface area contributed by atoms with E-state index in [1.165, 1.54) is 23.1 Å². The highest BCUT2D eigenvalue weighted by Gasteiger charge is 2.29. The van der Waals surface area contributed by atoms with Crippen molar-refractivity contribution in [1.29, 1.82) is 0 Å². The summed E-state index contributed by atoms with van der Waals surface area (Å²) in [6.45, 7) is 0.563. The van der Waals surface area contributed by atoms with Crippen molar-refractivity contribution in [3.05, 3.63) is 28.8 Å². The number of aliphatic hydroxyl groups is 1. The first kappa shape index (κ1) is 15.6. The molecule has 1 aliphatic rings. The van der Waals surface area contributed by atoms with Crippen molar-refractivity contribution < 1.29 is 19.8 Å². The smallest absolute Gasteiger partial charge is 0.335 e. The molecule has 114 valence electrons. The fraction of sp³-hybridized carbons (Fsp3) is 0.429. The molecule has 1 saturated carbocycles. The molecular formula is C14H17ClN2O4. The molecule has 1 fully saturated rings. The third-order valence-electron chi connectivity index (χ3n) is 3.55. The highest BCUT2D eigenvalue weighted by atomic mass is 35.5. The molecule has 0 aliphatic heterocycles. The number of carboxylic acid groups (broad SMARTS) is 1. The van der Waals surface area contributed by atoms with E-state index in [0.717, 1.165) is 0 Å². The van der Waals surface area contributed by atoms with E-state index in [2.05, 4.69) is 5.32 Å². The molecule has 2 amide bonds. The monoisotopic (exact) mass is 312 g/mol. The maximum atomic E-state index is 12.0. The lowest BCUT2D eigenvalue weighted by molar-refractivity contribution is 0.0332. The van der Waals surface area contributed by atoms with Gasteiger partial charge in [-0.05, 0) is 37.0 Å². The van der Waals surface area contributed by atoms with Crippen LogP contribution < -0.4 is 5.32 Å². The quantitative estimate of drug-likeness (QED) is 0.795. The van der Waals surface area contributed by atoms with E-state index in [-0.39, 0.29) is 22.7 Å². The van der Waals surface area contributed by atoms with Gasteiger partial charge in [-0.25, -0.2) is 9.59 Å². The molecular weight excluding hydrogens is 296 g/mol. The third kappa shape index (κ3) is 3.86. The molecule has 0 aromatic heterocycles. The van der Waals surface area contributed by atoms with Gasteiger partial charge in [0.2, 0.25) is 0 Å². The van der Waals surface area contributed by atoms with E-state index in [1.54, 1.807) is 7.05 Å². The Kier molecular flexibility index (Phi) is 4.69. The molecule has 0 unspecified atom stereocenters. The van der Waals surface area contributed by atoms with Crippen LogP contribution in [0.25, 0.3) is 0 Å². The summed E-state index contributed by atoms with van der Waals surface area (Å²) in [5.74, 6) is -0.754. The van der Waals surface area contributed by atoms with Crippen molar-refractivity contribution in [2.45, 2.75) is 18.9 Å². The van der Waals surface area contributed by atoms with Crippen molar-refractivity contribution in [2.24, 2.45) is 5.92 Å². The standard InChI is InChI=1S/C14H17ClN2O4/c1-17(7-8-4-10(18)5-8)14(21)16-12-3-2-9(13(19)20)6-11(12)15/h2-3,6,8,10,18H,4-5,7H2,1H3,(H,16,21)(H,19,20). The van der Waals surface area contributed by atoms with Gasteiger partial charge in [-0.2, -0.15) is 0 Å². The Bertz CT molecular complexity index is 558. The summed E-state index contributed by atoms with van der Waals surface area (Å²) in [5, 5.41) is 20.9. The summed E-state index contributed by atoms with van der Waals surface area (Å²) in [4.78, 5) is 24.4. The molecule has 0 saturated heterocycles. The van der Waals surface area contributed by atoms with E-state index in [9.17, 15) is 14.7 Å². The minimum absolute atomic E-state index is 0.0646. The van der Waals surface area contributed by atoms with E-state index in [4.69, 9.17) is 16.7 Å². The van der Waals surface area contributed by atoms with Gasteiger partial charge in [0.15, 0.2) is 0 Å². The molecule has 0 atom stereocenters. The van der Waals surface area contributed by atoms with Crippen molar-refractivity contribution in [2.75, 3.05) is 18.9 Å². The highest BCUT2D eigenvalue weighted by Crippen LogP contribution is 2.28. The molecule has 6 nitrogen and oxygen atoms in total.